The van der Waals surface area contributed by atoms with Crippen LogP contribution in [0.15, 0.2) is 35.2 Å². The second-order valence-electron chi connectivity index (χ2n) is 4.01. The van der Waals surface area contributed by atoms with Gasteiger partial charge in [-0.05, 0) is 25.0 Å². The van der Waals surface area contributed by atoms with Crippen molar-refractivity contribution in [1.29, 1.82) is 0 Å². The highest BCUT2D eigenvalue weighted by Gasteiger charge is 2.22. The maximum atomic E-state index is 12.3. The minimum atomic E-state index is -0.978. The summed E-state index contributed by atoms with van der Waals surface area (Å²) in [5.74, 6) is 0. The van der Waals surface area contributed by atoms with Gasteiger partial charge < -0.3 is 5.73 Å². The van der Waals surface area contributed by atoms with Gasteiger partial charge >= 0.3 is 0 Å². The zero-order chi connectivity index (χ0) is 12.0. The molecule has 3 unspecified atom stereocenters. The lowest BCUT2D eigenvalue weighted by Crippen LogP contribution is -2.37. The highest BCUT2D eigenvalue weighted by Crippen LogP contribution is 2.17. The first-order chi connectivity index (χ1) is 7.70. The van der Waals surface area contributed by atoms with Gasteiger partial charge in [0.2, 0.25) is 0 Å². The van der Waals surface area contributed by atoms with E-state index in [1.165, 1.54) is 0 Å². The highest BCUT2D eigenvalue weighted by atomic mass is 32.2. The van der Waals surface area contributed by atoms with E-state index in [2.05, 4.69) is 13.8 Å². The Morgan fingerprint density at radius 3 is 2.38 bits per heavy atom. The Kier molecular flexibility index (Phi) is 5.71. The molecule has 2 N–H and O–H groups in total. The van der Waals surface area contributed by atoms with E-state index in [-0.39, 0.29) is 11.3 Å². The molecule has 0 fully saturated rings. The van der Waals surface area contributed by atoms with Crippen LogP contribution in [-0.4, -0.2) is 15.5 Å². The van der Waals surface area contributed by atoms with E-state index >= 15 is 0 Å². The first-order valence-corrected chi connectivity index (χ1v) is 7.13. The van der Waals surface area contributed by atoms with Crippen LogP contribution in [0.1, 0.15) is 33.1 Å². The highest BCUT2D eigenvalue weighted by molar-refractivity contribution is 7.85. The largest absolute Gasteiger partial charge is 0.327 e. The van der Waals surface area contributed by atoms with Gasteiger partial charge in [-0.2, -0.15) is 0 Å². The van der Waals surface area contributed by atoms with Gasteiger partial charge in [0.1, 0.15) is 0 Å². The molecular weight excluding hydrogens is 218 g/mol. The van der Waals surface area contributed by atoms with Crippen LogP contribution >= 0.6 is 0 Å². The first-order valence-electron chi connectivity index (χ1n) is 5.91. The fraction of sp³-hybridized carbons (Fsp3) is 0.538. The molecule has 0 spiro atoms. The molecule has 16 heavy (non-hydrogen) atoms. The van der Waals surface area contributed by atoms with E-state index in [0.717, 1.165) is 24.2 Å². The summed E-state index contributed by atoms with van der Waals surface area (Å²) >= 11 is 0. The smallest absolute Gasteiger partial charge is 0.0576 e. The summed E-state index contributed by atoms with van der Waals surface area (Å²) in [5.41, 5.74) is 6.08. The van der Waals surface area contributed by atoms with Crippen LogP contribution < -0.4 is 5.73 Å². The van der Waals surface area contributed by atoms with Crippen molar-refractivity contribution in [2.24, 2.45) is 5.73 Å². The Morgan fingerprint density at radius 1 is 1.25 bits per heavy atom. The Balaban J connectivity index is 2.77. The molecule has 3 heteroatoms. The maximum Gasteiger partial charge on any atom is 0.0576 e. The molecule has 0 amide bonds. The second-order valence-corrected chi connectivity index (χ2v) is 5.68. The van der Waals surface area contributed by atoms with Gasteiger partial charge in [-0.1, -0.05) is 38.5 Å². The van der Waals surface area contributed by atoms with Crippen molar-refractivity contribution < 1.29 is 4.21 Å². The molecule has 90 valence electrons. The fourth-order valence-electron chi connectivity index (χ4n) is 1.86. The summed E-state index contributed by atoms with van der Waals surface area (Å²) < 4.78 is 12.3. The molecule has 0 aromatic heterocycles. The zero-order valence-electron chi connectivity index (χ0n) is 10.1. The lowest BCUT2D eigenvalue weighted by Gasteiger charge is -2.21. The lowest BCUT2D eigenvalue weighted by molar-refractivity contribution is 0.550. The normalized spacial score (nSPS) is 16.7. The van der Waals surface area contributed by atoms with Gasteiger partial charge in [0.15, 0.2) is 0 Å². The average Bonchev–Trinajstić information content (AvgIpc) is 2.31. The third-order valence-corrected chi connectivity index (χ3v) is 4.72. The minimum Gasteiger partial charge on any atom is -0.327 e. The lowest BCUT2D eigenvalue weighted by atomic mass is 10.1. The quantitative estimate of drug-likeness (QED) is 0.829. The Labute approximate surface area is 101 Å². The standard InChI is InChI=1S/C13H21NOS/c1-3-8-12(14)13(4-2)16(15)11-9-6-5-7-10-11/h5-7,9-10,12-13H,3-4,8,14H2,1-2H3. The van der Waals surface area contributed by atoms with E-state index < -0.39 is 10.8 Å². The van der Waals surface area contributed by atoms with Crippen molar-refractivity contribution in [3.63, 3.8) is 0 Å². The molecule has 0 heterocycles. The van der Waals surface area contributed by atoms with Crippen molar-refractivity contribution in [2.45, 2.75) is 49.3 Å². The number of nitrogens with two attached hydrogens (primary N) is 1. The van der Waals surface area contributed by atoms with Crippen LogP contribution in [0.5, 0.6) is 0 Å². The maximum absolute atomic E-state index is 12.3. The molecule has 0 saturated carbocycles. The summed E-state index contributed by atoms with van der Waals surface area (Å²) in [6.07, 6.45) is 2.85. The van der Waals surface area contributed by atoms with Gasteiger partial charge in [-0.15, -0.1) is 0 Å². The number of hydrogen-bond donors (Lipinski definition) is 1. The third-order valence-electron chi connectivity index (χ3n) is 2.75. The fourth-order valence-corrected chi connectivity index (χ4v) is 3.39. The molecule has 0 aliphatic rings. The van der Waals surface area contributed by atoms with E-state index in [1.54, 1.807) is 0 Å². The molecule has 1 aromatic rings. The van der Waals surface area contributed by atoms with Crippen molar-refractivity contribution in [3.8, 4) is 0 Å². The van der Waals surface area contributed by atoms with Crippen LogP contribution in [0, 0.1) is 0 Å². The van der Waals surface area contributed by atoms with Crippen LogP contribution in [0.2, 0.25) is 0 Å². The van der Waals surface area contributed by atoms with E-state index in [1.807, 2.05) is 30.3 Å². The Morgan fingerprint density at radius 2 is 1.88 bits per heavy atom. The van der Waals surface area contributed by atoms with E-state index in [4.69, 9.17) is 5.73 Å². The molecule has 0 aliphatic carbocycles. The predicted molar refractivity (Wildman–Crippen MR) is 69.8 cm³/mol. The molecule has 0 aliphatic heterocycles. The molecule has 2 nitrogen and oxygen atoms in total. The Hall–Kier alpha value is -0.670. The molecule has 1 aromatic carbocycles. The molecule has 0 saturated heterocycles. The van der Waals surface area contributed by atoms with Gasteiger partial charge in [-0.3, -0.25) is 4.21 Å². The molecule has 0 radical (unpaired) electrons. The number of rotatable bonds is 6. The second kappa shape index (κ2) is 6.81. The molecule has 0 bridgehead atoms. The minimum absolute atomic E-state index is 0.0380. The SMILES string of the molecule is CCCC(N)C(CC)S(=O)c1ccccc1. The van der Waals surface area contributed by atoms with Crippen molar-refractivity contribution in [3.05, 3.63) is 30.3 Å². The summed E-state index contributed by atoms with van der Waals surface area (Å²) in [5, 5.41) is 0.0716. The van der Waals surface area contributed by atoms with Crippen molar-refractivity contribution >= 4 is 10.8 Å². The summed E-state index contributed by atoms with van der Waals surface area (Å²) in [4.78, 5) is 0.890. The van der Waals surface area contributed by atoms with E-state index in [9.17, 15) is 4.21 Å². The zero-order valence-corrected chi connectivity index (χ0v) is 10.9. The number of hydrogen-bond acceptors (Lipinski definition) is 2. The summed E-state index contributed by atoms with van der Waals surface area (Å²) in [6, 6.07) is 9.65. The first kappa shape index (κ1) is 13.4. The summed E-state index contributed by atoms with van der Waals surface area (Å²) in [6.45, 7) is 4.17. The molecule has 1 rings (SSSR count). The van der Waals surface area contributed by atoms with Crippen molar-refractivity contribution in [2.75, 3.05) is 0 Å². The molecular formula is C13H21NOS. The van der Waals surface area contributed by atoms with Gasteiger partial charge in [0.25, 0.3) is 0 Å². The van der Waals surface area contributed by atoms with Crippen molar-refractivity contribution in [1.82, 2.24) is 0 Å². The third kappa shape index (κ3) is 3.42. The molecule has 3 atom stereocenters. The van der Waals surface area contributed by atoms with Crippen LogP contribution in [0.3, 0.4) is 0 Å². The Bertz CT molecular complexity index is 326. The summed E-state index contributed by atoms with van der Waals surface area (Å²) in [7, 11) is -0.978. The number of benzene rings is 1. The topological polar surface area (TPSA) is 43.1 Å². The van der Waals surface area contributed by atoms with Gasteiger partial charge in [0, 0.05) is 10.9 Å². The van der Waals surface area contributed by atoms with Crippen LogP contribution in [0.4, 0.5) is 0 Å². The van der Waals surface area contributed by atoms with Crippen LogP contribution in [0.25, 0.3) is 0 Å². The van der Waals surface area contributed by atoms with E-state index in [0.29, 0.717) is 0 Å². The average molecular weight is 239 g/mol. The monoisotopic (exact) mass is 239 g/mol. The predicted octanol–water partition coefficient (Wildman–Crippen LogP) is 2.70. The van der Waals surface area contributed by atoms with Crippen LogP contribution in [-0.2, 0) is 10.8 Å². The van der Waals surface area contributed by atoms with Gasteiger partial charge in [0.05, 0.1) is 16.0 Å². The van der Waals surface area contributed by atoms with Gasteiger partial charge in [-0.25, -0.2) is 0 Å².